The number of carbonyl (C=O) groups is 1. The summed E-state index contributed by atoms with van der Waals surface area (Å²) in [6.07, 6.45) is 2.88. The van der Waals surface area contributed by atoms with Gasteiger partial charge in [-0.25, -0.2) is 0 Å². The summed E-state index contributed by atoms with van der Waals surface area (Å²) in [5.74, 6) is 0.289. The van der Waals surface area contributed by atoms with Crippen LogP contribution in [0.5, 0.6) is 0 Å². The molecule has 1 amide bonds. The van der Waals surface area contributed by atoms with E-state index in [0.29, 0.717) is 0 Å². The van der Waals surface area contributed by atoms with Crippen molar-refractivity contribution in [2.45, 2.75) is 32.2 Å². The summed E-state index contributed by atoms with van der Waals surface area (Å²) in [6.45, 7) is 3.87. The maximum Gasteiger partial charge on any atom is 0.224 e. The molecule has 3 nitrogen and oxygen atoms in total. The van der Waals surface area contributed by atoms with Crippen LogP contribution < -0.4 is 10.6 Å². The average Bonchev–Trinajstić information content (AvgIpc) is 2.39. The summed E-state index contributed by atoms with van der Waals surface area (Å²) >= 11 is 5.96. The second-order valence-electron chi connectivity index (χ2n) is 5.29. The van der Waals surface area contributed by atoms with E-state index < -0.39 is 0 Å². The molecule has 2 rings (SSSR count). The van der Waals surface area contributed by atoms with E-state index in [9.17, 15) is 4.79 Å². The molecular formula is C15H21ClN2O. The SMILES string of the molecule is CC(Cc1cccc(Cl)c1)NC(=O)[C@@H]1CCCNC1. The Morgan fingerprint density at radius 3 is 3.11 bits per heavy atom. The van der Waals surface area contributed by atoms with Crippen LogP contribution in [0.4, 0.5) is 0 Å². The van der Waals surface area contributed by atoms with Crippen LogP contribution in [-0.2, 0) is 11.2 Å². The highest BCUT2D eigenvalue weighted by atomic mass is 35.5. The fourth-order valence-electron chi connectivity index (χ4n) is 2.50. The zero-order chi connectivity index (χ0) is 13.7. The zero-order valence-electron chi connectivity index (χ0n) is 11.3. The normalized spacial score (nSPS) is 20.8. The van der Waals surface area contributed by atoms with E-state index in [1.165, 1.54) is 0 Å². The third-order valence-corrected chi connectivity index (χ3v) is 3.72. The molecule has 1 fully saturated rings. The van der Waals surface area contributed by atoms with Crippen LogP contribution in [0.25, 0.3) is 0 Å². The molecule has 4 heteroatoms. The quantitative estimate of drug-likeness (QED) is 0.889. The van der Waals surface area contributed by atoms with Crippen LogP contribution in [0.2, 0.25) is 5.02 Å². The third kappa shape index (κ3) is 4.51. The van der Waals surface area contributed by atoms with Crippen molar-refractivity contribution in [3.8, 4) is 0 Å². The second-order valence-corrected chi connectivity index (χ2v) is 5.72. The number of hydrogen-bond acceptors (Lipinski definition) is 2. The Balaban J connectivity index is 1.83. The lowest BCUT2D eigenvalue weighted by Gasteiger charge is -2.24. The van der Waals surface area contributed by atoms with E-state index in [0.717, 1.165) is 42.9 Å². The Kier molecular flexibility index (Phi) is 5.23. The maximum atomic E-state index is 12.1. The Morgan fingerprint density at radius 1 is 1.58 bits per heavy atom. The van der Waals surface area contributed by atoms with Crippen molar-refractivity contribution in [2.24, 2.45) is 5.92 Å². The third-order valence-electron chi connectivity index (χ3n) is 3.49. The minimum atomic E-state index is 0.121. The van der Waals surface area contributed by atoms with E-state index >= 15 is 0 Å². The number of nitrogens with one attached hydrogen (secondary N) is 2. The van der Waals surface area contributed by atoms with Gasteiger partial charge in [0.2, 0.25) is 5.91 Å². The number of rotatable bonds is 4. The first-order chi connectivity index (χ1) is 9.15. The smallest absolute Gasteiger partial charge is 0.224 e. The van der Waals surface area contributed by atoms with E-state index in [1.807, 2.05) is 31.2 Å². The van der Waals surface area contributed by atoms with Crippen molar-refractivity contribution < 1.29 is 4.79 Å². The first kappa shape index (κ1) is 14.4. The Bertz CT molecular complexity index is 430. The molecule has 2 atom stereocenters. The molecule has 104 valence electrons. The van der Waals surface area contributed by atoms with Gasteiger partial charge in [-0.2, -0.15) is 0 Å². The molecule has 0 bridgehead atoms. The molecule has 1 unspecified atom stereocenters. The van der Waals surface area contributed by atoms with Crippen LogP contribution >= 0.6 is 11.6 Å². The molecule has 0 aromatic heterocycles. The van der Waals surface area contributed by atoms with Crippen molar-refractivity contribution in [1.82, 2.24) is 10.6 Å². The van der Waals surface area contributed by atoms with E-state index in [4.69, 9.17) is 11.6 Å². The van der Waals surface area contributed by atoms with Crippen molar-refractivity contribution in [2.75, 3.05) is 13.1 Å². The molecule has 2 N–H and O–H groups in total. The van der Waals surface area contributed by atoms with Crippen molar-refractivity contribution in [3.63, 3.8) is 0 Å². The predicted octanol–water partition coefficient (Wildman–Crippen LogP) is 2.39. The molecule has 1 saturated heterocycles. The minimum Gasteiger partial charge on any atom is -0.353 e. The van der Waals surface area contributed by atoms with Crippen LogP contribution in [0.3, 0.4) is 0 Å². The molecule has 1 aliphatic heterocycles. The molecule has 19 heavy (non-hydrogen) atoms. The van der Waals surface area contributed by atoms with Crippen molar-refractivity contribution in [1.29, 1.82) is 0 Å². The largest absolute Gasteiger partial charge is 0.353 e. The Morgan fingerprint density at radius 2 is 2.42 bits per heavy atom. The summed E-state index contributed by atoms with van der Waals surface area (Å²) < 4.78 is 0. The van der Waals surface area contributed by atoms with E-state index in [1.54, 1.807) is 0 Å². The van der Waals surface area contributed by atoms with Crippen LogP contribution in [0, 0.1) is 5.92 Å². The van der Waals surface area contributed by atoms with Gasteiger partial charge in [0.1, 0.15) is 0 Å². The monoisotopic (exact) mass is 280 g/mol. The summed E-state index contributed by atoms with van der Waals surface area (Å²) in [5, 5.41) is 7.11. The van der Waals surface area contributed by atoms with Gasteiger partial charge >= 0.3 is 0 Å². The minimum absolute atomic E-state index is 0.121. The lowest BCUT2D eigenvalue weighted by atomic mass is 9.98. The van der Waals surface area contributed by atoms with Gasteiger partial charge in [-0.3, -0.25) is 4.79 Å². The Labute approximate surface area is 119 Å². The standard InChI is InChI=1S/C15H21ClN2O/c1-11(8-12-4-2-6-14(16)9-12)18-15(19)13-5-3-7-17-10-13/h2,4,6,9,11,13,17H,3,5,7-8,10H2,1H3,(H,18,19)/t11?,13-/m1/s1. The summed E-state index contributed by atoms with van der Waals surface area (Å²) in [5.41, 5.74) is 1.15. The number of amides is 1. The Hall–Kier alpha value is -1.06. The van der Waals surface area contributed by atoms with Crippen LogP contribution in [0.1, 0.15) is 25.3 Å². The summed E-state index contributed by atoms with van der Waals surface area (Å²) in [4.78, 5) is 12.1. The van der Waals surface area contributed by atoms with Gasteiger partial charge in [0.05, 0.1) is 5.92 Å². The van der Waals surface area contributed by atoms with Gasteiger partial charge in [0.25, 0.3) is 0 Å². The first-order valence-electron chi connectivity index (χ1n) is 6.90. The van der Waals surface area contributed by atoms with Crippen molar-refractivity contribution >= 4 is 17.5 Å². The maximum absolute atomic E-state index is 12.1. The summed E-state index contributed by atoms with van der Waals surface area (Å²) in [7, 11) is 0. The first-order valence-corrected chi connectivity index (χ1v) is 7.28. The lowest BCUT2D eigenvalue weighted by Crippen LogP contribution is -2.44. The molecule has 1 aromatic rings. The molecule has 0 saturated carbocycles. The number of hydrogen-bond donors (Lipinski definition) is 2. The van der Waals surface area contributed by atoms with Gasteiger partial charge in [0, 0.05) is 17.6 Å². The highest BCUT2D eigenvalue weighted by molar-refractivity contribution is 6.30. The highest BCUT2D eigenvalue weighted by Gasteiger charge is 2.21. The van der Waals surface area contributed by atoms with Gasteiger partial charge in [-0.15, -0.1) is 0 Å². The van der Waals surface area contributed by atoms with Gasteiger partial charge in [-0.1, -0.05) is 23.7 Å². The molecule has 1 aliphatic rings. The van der Waals surface area contributed by atoms with Crippen LogP contribution in [0.15, 0.2) is 24.3 Å². The molecule has 1 aromatic carbocycles. The van der Waals surface area contributed by atoms with Crippen LogP contribution in [-0.4, -0.2) is 25.0 Å². The molecule has 0 radical (unpaired) electrons. The van der Waals surface area contributed by atoms with Gasteiger partial charge in [-0.05, 0) is 50.4 Å². The average molecular weight is 281 g/mol. The highest BCUT2D eigenvalue weighted by Crippen LogP contribution is 2.13. The lowest BCUT2D eigenvalue weighted by molar-refractivity contribution is -0.126. The molecule has 0 spiro atoms. The number of carbonyl (C=O) groups excluding carboxylic acids is 1. The second kappa shape index (κ2) is 6.92. The topological polar surface area (TPSA) is 41.1 Å². The summed E-state index contributed by atoms with van der Waals surface area (Å²) in [6, 6.07) is 7.93. The molecule has 0 aliphatic carbocycles. The molecule has 1 heterocycles. The van der Waals surface area contributed by atoms with Crippen molar-refractivity contribution in [3.05, 3.63) is 34.9 Å². The number of piperidine rings is 1. The van der Waals surface area contributed by atoms with E-state index in [-0.39, 0.29) is 17.9 Å². The van der Waals surface area contributed by atoms with Gasteiger partial charge in [0.15, 0.2) is 0 Å². The van der Waals surface area contributed by atoms with Gasteiger partial charge < -0.3 is 10.6 Å². The fourth-order valence-corrected chi connectivity index (χ4v) is 2.72. The zero-order valence-corrected chi connectivity index (χ0v) is 12.0. The van der Waals surface area contributed by atoms with E-state index in [2.05, 4.69) is 10.6 Å². The predicted molar refractivity (Wildman–Crippen MR) is 78.4 cm³/mol. The number of benzene rings is 1. The molecular weight excluding hydrogens is 260 g/mol. The number of halogens is 1. The fraction of sp³-hybridized carbons (Fsp3) is 0.533.